The van der Waals surface area contributed by atoms with E-state index in [4.69, 9.17) is 0 Å². The quantitative estimate of drug-likeness (QED) is 0.413. The molecule has 0 saturated carbocycles. The first kappa shape index (κ1) is 8.21. The van der Waals surface area contributed by atoms with Gasteiger partial charge in [-0.3, -0.25) is 4.99 Å². The molecule has 0 rings (SSSR count). The first-order valence-electron chi connectivity index (χ1n) is 3.16. The summed E-state index contributed by atoms with van der Waals surface area (Å²) in [6, 6.07) is 0. The average Bonchev–Trinajstić information content (AvgIpc) is 1.88. The van der Waals surface area contributed by atoms with Gasteiger partial charge in [0, 0.05) is 19.8 Å². The molecule has 0 bridgehead atoms. The van der Waals surface area contributed by atoms with E-state index in [1.54, 1.807) is 13.4 Å². The number of allylic oxidation sites excluding steroid dienone is 1. The summed E-state index contributed by atoms with van der Waals surface area (Å²) in [6.07, 6.45) is 5.79. The van der Waals surface area contributed by atoms with Crippen LogP contribution in [0.25, 0.3) is 0 Å². The Morgan fingerprint density at radius 3 is 2.56 bits per heavy atom. The molecular formula is C7H14N2. The van der Waals surface area contributed by atoms with Crippen LogP contribution in [0.15, 0.2) is 17.3 Å². The van der Waals surface area contributed by atoms with Gasteiger partial charge in [-0.05, 0) is 13.8 Å². The Labute approximate surface area is 56.9 Å². The summed E-state index contributed by atoms with van der Waals surface area (Å²) in [5, 5.41) is 0. The number of rotatable bonds is 3. The monoisotopic (exact) mass is 126 g/mol. The van der Waals surface area contributed by atoms with Crippen LogP contribution in [0.3, 0.4) is 0 Å². The molecule has 0 atom stereocenters. The molecule has 0 N–H and O–H groups in total. The van der Waals surface area contributed by atoms with E-state index in [1.165, 1.54) is 0 Å². The second kappa shape index (κ2) is 5.35. The van der Waals surface area contributed by atoms with E-state index in [0.29, 0.717) is 0 Å². The van der Waals surface area contributed by atoms with E-state index >= 15 is 0 Å². The minimum Gasteiger partial charge on any atom is -0.340 e. The topological polar surface area (TPSA) is 15.6 Å². The van der Waals surface area contributed by atoms with Crippen LogP contribution < -0.4 is 0 Å². The first-order chi connectivity index (χ1) is 4.35. The summed E-state index contributed by atoms with van der Waals surface area (Å²) in [4.78, 5) is 5.89. The van der Waals surface area contributed by atoms with Crippen molar-refractivity contribution in [3.8, 4) is 0 Å². The molecule has 0 radical (unpaired) electrons. The summed E-state index contributed by atoms with van der Waals surface area (Å²) >= 11 is 0. The molecule has 0 aliphatic rings. The number of nitrogens with zero attached hydrogens (tertiary/aromatic N) is 2. The molecule has 9 heavy (non-hydrogen) atoms. The van der Waals surface area contributed by atoms with Gasteiger partial charge in [0.2, 0.25) is 0 Å². The van der Waals surface area contributed by atoms with E-state index in [0.717, 1.165) is 6.54 Å². The van der Waals surface area contributed by atoms with E-state index in [1.807, 2.05) is 24.1 Å². The lowest BCUT2D eigenvalue weighted by atomic mass is 10.6. The van der Waals surface area contributed by atoms with Crippen LogP contribution in [-0.2, 0) is 0 Å². The van der Waals surface area contributed by atoms with E-state index < -0.39 is 0 Å². The highest BCUT2D eigenvalue weighted by atomic mass is 15.1. The van der Waals surface area contributed by atoms with Gasteiger partial charge in [-0.15, -0.1) is 0 Å². The van der Waals surface area contributed by atoms with Gasteiger partial charge in [0.15, 0.2) is 0 Å². The third-order valence-corrected chi connectivity index (χ3v) is 0.969. The van der Waals surface area contributed by atoms with Crippen molar-refractivity contribution in [2.45, 2.75) is 13.8 Å². The molecule has 0 unspecified atom stereocenters. The fourth-order valence-electron chi connectivity index (χ4n) is 0.565. The Morgan fingerprint density at radius 1 is 1.56 bits per heavy atom. The maximum Gasteiger partial charge on any atom is 0.0885 e. The molecule has 0 amide bonds. The molecule has 2 heteroatoms. The van der Waals surface area contributed by atoms with Crippen LogP contribution in [0.4, 0.5) is 0 Å². The van der Waals surface area contributed by atoms with E-state index in [-0.39, 0.29) is 0 Å². The molecule has 0 saturated heterocycles. The Bertz CT molecular complexity index is 93.5. The molecule has 0 aromatic carbocycles. The number of aliphatic imine (C=N–C) groups is 1. The standard InChI is InChI=1S/C7H14N2/c1-4-6-9(5-2)7-8-3/h4,6-7H,5H2,1-3H3/b6-4-,8-7?. The minimum atomic E-state index is 0.974. The zero-order valence-electron chi connectivity index (χ0n) is 6.33. The van der Waals surface area contributed by atoms with Gasteiger partial charge < -0.3 is 4.90 Å². The molecule has 52 valence electrons. The maximum atomic E-state index is 3.88. The van der Waals surface area contributed by atoms with Crippen LogP contribution in [0.1, 0.15) is 13.8 Å². The highest BCUT2D eigenvalue weighted by Gasteiger charge is 1.83. The van der Waals surface area contributed by atoms with E-state index in [9.17, 15) is 0 Å². The van der Waals surface area contributed by atoms with Gasteiger partial charge in [-0.1, -0.05) is 6.08 Å². The maximum absolute atomic E-state index is 3.88. The summed E-state index contributed by atoms with van der Waals surface area (Å²) in [7, 11) is 1.77. The Morgan fingerprint density at radius 2 is 2.22 bits per heavy atom. The van der Waals surface area contributed by atoms with Crippen LogP contribution in [0, 0.1) is 0 Å². The van der Waals surface area contributed by atoms with Crippen LogP contribution in [-0.4, -0.2) is 24.8 Å². The Kier molecular flexibility index (Phi) is 4.88. The van der Waals surface area contributed by atoms with Crippen molar-refractivity contribution in [1.29, 1.82) is 0 Å². The van der Waals surface area contributed by atoms with Crippen molar-refractivity contribution in [2.75, 3.05) is 13.6 Å². The molecule has 0 fully saturated rings. The van der Waals surface area contributed by atoms with Crippen molar-refractivity contribution in [3.05, 3.63) is 12.3 Å². The third-order valence-electron chi connectivity index (χ3n) is 0.969. The molecule has 0 heterocycles. The SMILES string of the molecule is C/C=C\N(C=NC)CC. The minimum absolute atomic E-state index is 0.974. The van der Waals surface area contributed by atoms with Gasteiger partial charge in [0.1, 0.15) is 0 Å². The highest BCUT2D eigenvalue weighted by Crippen LogP contribution is 1.82. The summed E-state index contributed by atoms with van der Waals surface area (Å²) < 4.78 is 0. The second-order valence-electron chi connectivity index (χ2n) is 1.69. The zero-order chi connectivity index (χ0) is 7.11. The number of hydrogen-bond acceptors (Lipinski definition) is 1. The summed E-state index contributed by atoms with van der Waals surface area (Å²) in [5.41, 5.74) is 0. The smallest absolute Gasteiger partial charge is 0.0885 e. The normalized spacial score (nSPS) is 11.4. The summed E-state index contributed by atoms with van der Waals surface area (Å²) in [5.74, 6) is 0. The molecule has 0 aliphatic carbocycles. The lowest BCUT2D eigenvalue weighted by Gasteiger charge is -2.08. The van der Waals surface area contributed by atoms with Gasteiger partial charge >= 0.3 is 0 Å². The predicted octanol–water partition coefficient (Wildman–Crippen LogP) is 1.50. The molecule has 0 spiro atoms. The second-order valence-corrected chi connectivity index (χ2v) is 1.69. The van der Waals surface area contributed by atoms with Crippen molar-refractivity contribution in [3.63, 3.8) is 0 Å². The first-order valence-corrected chi connectivity index (χ1v) is 3.16. The van der Waals surface area contributed by atoms with Gasteiger partial charge in [0.25, 0.3) is 0 Å². The lowest BCUT2D eigenvalue weighted by molar-refractivity contribution is 0.605. The van der Waals surface area contributed by atoms with Gasteiger partial charge in [0.05, 0.1) is 6.34 Å². The zero-order valence-corrected chi connectivity index (χ0v) is 6.33. The average molecular weight is 126 g/mol. The largest absolute Gasteiger partial charge is 0.340 e. The fraction of sp³-hybridized carbons (Fsp3) is 0.571. The fourth-order valence-corrected chi connectivity index (χ4v) is 0.565. The molecule has 2 nitrogen and oxygen atoms in total. The van der Waals surface area contributed by atoms with Crippen molar-refractivity contribution in [1.82, 2.24) is 4.90 Å². The predicted molar refractivity (Wildman–Crippen MR) is 41.6 cm³/mol. The Hall–Kier alpha value is -0.790. The van der Waals surface area contributed by atoms with Crippen molar-refractivity contribution < 1.29 is 0 Å². The Balaban J connectivity index is 3.68. The van der Waals surface area contributed by atoms with E-state index in [2.05, 4.69) is 11.9 Å². The van der Waals surface area contributed by atoms with Crippen LogP contribution in [0.2, 0.25) is 0 Å². The molecule has 0 aromatic rings. The lowest BCUT2D eigenvalue weighted by Crippen LogP contribution is -2.13. The van der Waals surface area contributed by atoms with Crippen LogP contribution in [0.5, 0.6) is 0 Å². The number of hydrogen-bond donors (Lipinski definition) is 0. The highest BCUT2D eigenvalue weighted by molar-refractivity contribution is 5.55. The molecule has 0 aliphatic heterocycles. The van der Waals surface area contributed by atoms with Crippen molar-refractivity contribution >= 4 is 6.34 Å². The summed E-state index contributed by atoms with van der Waals surface area (Å²) in [6.45, 7) is 5.05. The van der Waals surface area contributed by atoms with Crippen molar-refractivity contribution in [2.24, 2.45) is 4.99 Å². The van der Waals surface area contributed by atoms with Crippen LogP contribution >= 0.6 is 0 Å². The molecular weight excluding hydrogens is 112 g/mol. The molecule has 0 aromatic heterocycles. The van der Waals surface area contributed by atoms with Gasteiger partial charge in [-0.2, -0.15) is 0 Å². The third kappa shape index (κ3) is 3.76. The van der Waals surface area contributed by atoms with Gasteiger partial charge in [-0.25, -0.2) is 0 Å².